The summed E-state index contributed by atoms with van der Waals surface area (Å²) >= 11 is 0. The molecular formula is C17H32N2O2. The molecule has 0 heterocycles. The van der Waals surface area contributed by atoms with E-state index < -0.39 is 0 Å². The van der Waals surface area contributed by atoms with Crippen LogP contribution in [0.1, 0.15) is 57.8 Å². The van der Waals surface area contributed by atoms with Crippen molar-refractivity contribution in [3.05, 3.63) is 0 Å². The molecule has 0 atom stereocenters. The minimum Gasteiger partial charge on any atom is -0.396 e. The minimum absolute atomic E-state index is 0.272. The van der Waals surface area contributed by atoms with Gasteiger partial charge in [0.1, 0.15) is 0 Å². The summed E-state index contributed by atoms with van der Waals surface area (Å²) in [6.07, 6.45) is 10.6. The predicted octanol–water partition coefficient (Wildman–Crippen LogP) is 2.26. The molecule has 0 radical (unpaired) electrons. The molecule has 2 saturated carbocycles. The topological polar surface area (TPSA) is 43.8 Å². The largest absolute Gasteiger partial charge is 0.396 e. The van der Waals surface area contributed by atoms with Crippen molar-refractivity contribution >= 4 is 5.91 Å². The van der Waals surface area contributed by atoms with Crippen molar-refractivity contribution in [2.45, 2.75) is 69.9 Å². The number of likely N-dealkylation sites (N-methyl/N-ethyl adjacent to an activating group) is 2. The molecule has 2 aliphatic carbocycles. The molecule has 4 heteroatoms. The average Bonchev–Trinajstić information content (AvgIpc) is 2.55. The average molecular weight is 296 g/mol. The van der Waals surface area contributed by atoms with Crippen molar-refractivity contribution in [2.24, 2.45) is 5.92 Å². The molecule has 4 nitrogen and oxygen atoms in total. The summed E-state index contributed by atoms with van der Waals surface area (Å²) in [4.78, 5) is 16.7. The van der Waals surface area contributed by atoms with Gasteiger partial charge in [0, 0.05) is 25.7 Å². The molecule has 0 bridgehead atoms. The fourth-order valence-electron chi connectivity index (χ4n) is 3.89. The Morgan fingerprint density at radius 2 is 1.57 bits per heavy atom. The fraction of sp³-hybridized carbons (Fsp3) is 0.941. The quantitative estimate of drug-likeness (QED) is 0.846. The molecule has 0 saturated heterocycles. The van der Waals surface area contributed by atoms with Crippen LogP contribution in [0.3, 0.4) is 0 Å². The Morgan fingerprint density at radius 3 is 2.14 bits per heavy atom. The molecule has 0 aromatic heterocycles. The zero-order valence-electron chi connectivity index (χ0n) is 13.8. The number of amides is 1. The zero-order chi connectivity index (χ0) is 15.2. The van der Waals surface area contributed by atoms with E-state index in [0.29, 0.717) is 31.2 Å². The summed E-state index contributed by atoms with van der Waals surface area (Å²) in [5.74, 6) is 0.754. The maximum atomic E-state index is 12.5. The van der Waals surface area contributed by atoms with Crippen LogP contribution in [0.15, 0.2) is 0 Å². The van der Waals surface area contributed by atoms with Crippen LogP contribution < -0.4 is 0 Å². The number of carbonyl (C=O) groups is 1. The van der Waals surface area contributed by atoms with E-state index in [9.17, 15) is 9.90 Å². The van der Waals surface area contributed by atoms with Gasteiger partial charge in [0.25, 0.3) is 0 Å². The standard InChI is InChI=1S/C17H32N2O2/c1-18(15-10-8-14(13-20)9-11-15)12-17(21)19(2)16-6-4-3-5-7-16/h14-16,20H,3-13H2,1-2H3. The number of hydrogen-bond acceptors (Lipinski definition) is 3. The third kappa shape index (κ3) is 4.68. The van der Waals surface area contributed by atoms with Crippen molar-refractivity contribution in [3.63, 3.8) is 0 Å². The first-order chi connectivity index (χ1) is 10.1. The van der Waals surface area contributed by atoms with E-state index in [-0.39, 0.29) is 5.91 Å². The molecule has 122 valence electrons. The van der Waals surface area contributed by atoms with E-state index in [0.717, 1.165) is 25.7 Å². The molecule has 1 N–H and O–H groups in total. The van der Waals surface area contributed by atoms with Gasteiger partial charge in [-0.3, -0.25) is 9.69 Å². The highest BCUT2D eigenvalue weighted by Crippen LogP contribution is 2.27. The molecule has 2 fully saturated rings. The number of carbonyl (C=O) groups excluding carboxylic acids is 1. The molecular weight excluding hydrogens is 264 g/mol. The van der Waals surface area contributed by atoms with Gasteiger partial charge >= 0.3 is 0 Å². The maximum Gasteiger partial charge on any atom is 0.236 e. The van der Waals surface area contributed by atoms with Crippen molar-refractivity contribution in [1.82, 2.24) is 9.80 Å². The molecule has 0 aromatic rings. The van der Waals surface area contributed by atoms with Gasteiger partial charge < -0.3 is 10.0 Å². The summed E-state index contributed by atoms with van der Waals surface area (Å²) in [5.41, 5.74) is 0. The van der Waals surface area contributed by atoms with Crippen LogP contribution in [-0.4, -0.2) is 60.1 Å². The van der Waals surface area contributed by atoms with E-state index in [1.54, 1.807) is 0 Å². The highest BCUT2D eigenvalue weighted by Gasteiger charge is 2.27. The van der Waals surface area contributed by atoms with E-state index in [2.05, 4.69) is 11.9 Å². The summed E-state index contributed by atoms with van der Waals surface area (Å²) in [7, 11) is 4.06. The number of hydrogen-bond donors (Lipinski definition) is 1. The third-order valence-electron chi connectivity index (χ3n) is 5.60. The Kier molecular flexibility index (Phi) is 6.49. The van der Waals surface area contributed by atoms with E-state index in [1.807, 2.05) is 11.9 Å². The predicted molar refractivity (Wildman–Crippen MR) is 85.1 cm³/mol. The smallest absolute Gasteiger partial charge is 0.236 e. The van der Waals surface area contributed by atoms with Gasteiger partial charge in [-0.1, -0.05) is 19.3 Å². The van der Waals surface area contributed by atoms with Gasteiger partial charge in [0.05, 0.1) is 6.54 Å². The summed E-state index contributed by atoms with van der Waals surface area (Å²) in [6, 6.07) is 0.973. The lowest BCUT2D eigenvalue weighted by atomic mass is 9.86. The fourth-order valence-corrected chi connectivity index (χ4v) is 3.89. The molecule has 0 spiro atoms. The Balaban J connectivity index is 1.76. The number of aliphatic hydroxyl groups excluding tert-OH is 1. The molecule has 21 heavy (non-hydrogen) atoms. The second kappa shape index (κ2) is 8.14. The lowest BCUT2D eigenvalue weighted by Crippen LogP contribution is -2.46. The van der Waals surface area contributed by atoms with Gasteiger partial charge in [-0.2, -0.15) is 0 Å². The Morgan fingerprint density at radius 1 is 0.952 bits per heavy atom. The summed E-state index contributed by atoms with van der Waals surface area (Å²) < 4.78 is 0. The van der Waals surface area contributed by atoms with Gasteiger partial charge in [-0.15, -0.1) is 0 Å². The van der Waals surface area contributed by atoms with Crippen molar-refractivity contribution in [3.8, 4) is 0 Å². The molecule has 1 amide bonds. The molecule has 2 rings (SSSR count). The van der Waals surface area contributed by atoms with Gasteiger partial charge in [0.2, 0.25) is 5.91 Å². The Hall–Kier alpha value is -0.610. The van der Waals surface area contributed by atoms with Crippen LogP contribution in [0.4, 0.5) is 0 Å². The normalized spacial score (nSPS) is 27.8. The van der Waals surface area contributed by atoms with Crippen molar-refractivity contribution in [2.75, 3.05) is 27.2 Å². The van der Waals surface area contributed by atoms with E-state index >= 15 is 0 Å². The van der Waals surface area contributed by atoms with Gasteiger partial charge in [-0.05, 0) is 51.5 Å². The molecule has 0 unspecified atom stereocenters. The van der Waals surface area contributed by atoms with E-state index in [4.69, 9.17) is 0 Å². The van der Waals surface area contributed by atoms with Crippen LogP contribution in [0, 0.1) is 5.92 Å². The summed E-state index contributed by atoms with van der Waals surface area (Å²) in [6.45, 7) is 0.862. The molecule has 0 aromatic carbocycles. The molecule has 2 aliphatic rings. The SMILES string of the molecule is CN(CC(=O)N(C)C1CCCCC1)C1CCC(CO)CC1. The van der Waals surface area contributed by atoms with Crippen molar-refractivity contribution < 1.29 is 9.90 Å². The van der Waals surface area contributed by atoms with Crippen LogP contribution in [-0.2, 0) is 4.79 Å². The lowest BCUT2D eigenvalue weighted by molar-refractivity contribution is -0.134. The first-order valence-corrected chi connectivity index (χ1v) is 8.68. The zero-order valence-corrected chi connectivity index (χ0v) is 13.8. The number of nitrogens with zero attached hydrogens (tertiary/aromatic N) is 2. The maximum absolute atomic E-state index is 12.5. The Bertz CT molecular complexity index is 321. The lowest BCUT2D eigenvalue weighted by Gasteiger charge is -2.36. The number of rotatable bonds is 5. The highest BCUT2D eigenvalue weighted by atomic mass is 16.3. The third-order valence-corrected chi connectivity index (χ3v) is 5.60. The molecule has 0 aliphatic heterocycles. The first-order valence-electron chi connectivity index (χ1n) is 8.68. The first kappa shape index (κ1) is 16.8. The minimum atomic E-state index is 0.272. The van der Waals surface area contributed by atoms with Crippen LogP contribution in [0.5, 0.6) is 0 Å². The van der Waals surface area contributed by atoms with Crippen molar-refractivity contribution in [1.29, 1.82) is 0 Å². The van der Waals surface area contributed by atoms with Crippen LogP contribution in [0.25, 0.3) is 0 Å². The second-order valence-electron chi connectivity index (χ2n) is 7.07. The second-order valence-corrected chi connectivity index (χ2v) is 7.07. The van der Waals surface area contributed by atoms with Crippen LogP contribution in [0.2, 0.25) is 0 Å². The van der Waals surface area contributed by atoms with Gasteiger partial charge in [0.15, 0.2) is 0 Å². The summed E-state index contributed by atoms with van der Waals surface area (Å²) in [5, 5.41) is 9.20. The van der Waals surface area contributed by atoms with Gasteiger partial charge in [-0.25, -0.2) is 0 Å². The Labute approximate surface area is 129 Å². The monoisotopic (exact) mass is 296 g/mol. The van der Waals surface area contributed by atoms with Crippen LogP contribution >= 0.6 is 0 Å². The van der Waals surface area contributed by atoms with E-state index in [1.165, 1.54) is 32.1 Å². The highest BCUT2D eigenvalue weighted by molar-refractivity contribution is 5.78. The number of aliphatic hydroxyl groups is 1.